The molecule has 1 heterocycles. The molecule has 1 aromatic heterocycles. The molecule has 0 aliphatic rings. The summed E-state index contributed by atoms with van der Waals surface area (Å²) in [6, 6.07) is 14.0. The summed E-state index contributed by atoms with van der Waals surface area (Å²) in [6.07, 6.45) is 2.86. The summed E-state index contributed by atoms with van der Waals surface area (Å²) >= 11 is 1.66. The first kappa shape index (κ1) is 19.2. The Labute approximate surface area is 163 Å². The molecule has 0 aliphatic carbocycles. The van der Waals surface area contributed by atoms with Crippen molar-refractivity contribution >= 4 is 11.3 Å². The highest BCUT2D eigenvalue weighted by Gasteiger charge is 2.11. The molecular formula is C21H24N2O3S. The van der Waals surface area contributed by atoms with E-state index in [1.165, 1.54) is 5.56 Å². The second-order valence-electron chi connectivity index (χ2n) is 5.96. The predicted octanol–water partition coefficient (Wildman–Crippen LogP) is 4.17. The fraction of sp³-hybridized carbons (Fsp3) is 0.286. The highest BCUT2D eigenvalue weighted by Crippen LogP contribution is 2.36. The maximum Gasteiger partial charge on any atom is 0.127 e. The third kappa shape index (κ3) is 4.99. The first-order valence-electron chi connectivity index (χ1n) is 8.74. The lowest BCUT2D eigenvalue weighted by Gasteiger charge is -2.08. The Hall–Kier alpha value is -2.57. The number of thiazole rings is 1. The molecule has 0 saturated carbocycles. The summed E-state index contributed by atoms with van der Waals surface area (Å²) in [5, 5.41) is 4.50. The molecule has 0 radical (unpaired) electrons. The van der Waals surface area contributed by atoms with Crippen LogP contribution < -0.4 is 19.5 Å². The van der Waals surface area contributed by atoms with E-state index >= 15 is 0 Å². The van der Waals surface area contributed by atoms with Gasteiger partial charge in [0.15, 0.2) is 0 Å². The molecule has 0 saturated heterocycles. The Morgan fingerprint density at radius 3 is 2.37 bits per heavy atom. The zero-order valence-electron chi connectivity index (χ0n) is 15.8. The number of aromatic nitrogens is 1. The standard InChI is InChI=1S/C21H24N2O3S/c1-24-16-6-4-15(5-7-16)10-11-22-14-21-23-13-20(27-21)18-12-17(25-2)8-9-19(18)26-3/h4-9,12-13,22H,10-11,14H2,1-3H3. The van der Waals surface area contributed by atoms with Crippen molar-refractivity contribution in [1.82, 2.24) is 10.3 Å². The second-order valence-corrected chi connectivity index (χ2v) is 7.07. The SMILES string of the molecule is COc1ccc(CCNCc2ncc(-c3cc(OC)ccc3OC)s2)cc1. The van der Waals surface area contributed by atoms with Crippen molar-refractivity contribution < 1.29 is 14.2 Å². The van der Waals surface area contributed by atoms with Gasteiger partial charge in [0.2, 0.25) is 0 Å². The van der Waals surface area contributed by atoms with Gasteiger partial charge in [0.25, 0.3) is 0 Å². The van der Waals surface area contributed by atoms with Gasteiger partial charge in [0, 0.05) is 18.3 Å². The highest BCUT2D eigenvalue weighted by atomic mass is 32.1. The molecule has 0 bridgehead atoms. The van der Waals surface area contributed by atoms with Crippen molar-refractivity contribution in [1.29, 1.82) is 0 Å². The van der Waals surface area contributed by atoms with Gasteiger partial charge >= 0.3 is 0 Å². The van der Waals surface area contributed by atoms with E-state index in [2.05, 4.69) is 22.4 Å². The van der Waals surface area contributed by atoms with Gasteiger partial charge < -0.3 is 19.5 Å². The van der Waals surface area contributed by atoms with Gasteiger partial charge in [-0.05, 0) is 48.9 Å². The van der Waals surface area contributed by atoms with Crippen LogP contribution in [0.4, 0.5) is 0 Å². The van der Waals surface area contributed by atoms with Crippen LogP contribution in [-0.2, 0) is 13.0 Å². The fourth-order valence-corrected chi connectivity index (χ4v) is 3.65. The van der Waals surface area contributed by atoms with Crippen LogP contribution in [0.1, 0.15) is 10.6 Å². The van der Waals surface area contributed by atoms with Crippen LogP contribution in [0.15, 0.2) is 48.7 Å². The van der Waals surface area contributed by atoms with Crippen molar-refractivity contribution in [2.45, 2.75) is 13.0 Å². The summed E-state index contributed by atoms with van der Waals surface area (Å²) in [5.74, 6) is 2.51. The molecule has 0 atom stereocenters. The molecule has 3 aromatic rings. The van der Waals surface area contributed by atoms with Gasteiger partial charge in [-0.15, -0.1) is 11.3 Å². The Balaban J connectivity index is 1.56. The average molecular weight is 385 g/mol. The quantitative estimate of drug-likeness (QED) is 0.561. The van der Waals surface area contributed by atoms with Crippen LogP contribution in [0.25, 0.3) is 10.4 Å². The molecule has 5 nitrogen and oxygen atoms in total. The molecule has 3 rings (SSSR count). The Morgan fingerprint density at radius 2 is 1.67 bits per heavy atom. The summed E-state index contributed by atoms with van der Waals surface area (Å²) in [4.78, 5) is 5.60. The molecule has 27 heavy (non-hydrogen) atoms. The zero-order chi connectivity index (χ0) is 19.1. The van der Waals surface area contributed by atoms with E-state index in [0.29, 0.717) is 0 Å². The Kier molecular flexibility index (Phi) is 6.68. The Bertz CT molecular complexity index is 862. The lowest BCUT2D eigenvalue weighted by atomic mass is 10.1. The predicted molar refractivity (Wildman–Crippen MR) is 109 cm³/mol. The summed E-state index contributed by atoms with van der Waals surface area (Å²) in [7, 11) is 5.02. The van der Waals surface area contributed by atoms with Crippen molar-refractivity contribution in [3.05, 3.63) is 59.2 Å². The third-order valence-corrected chi connectivity index (χ3v) is 5.28. The van der Waals surface area contributed by atoms with Crippen LogP contribution in [0.3, 0.4) is 0 Å². The topological polar surface area (TPSA) is 52.6 Å². The molecule has 0 unspecified atom stereocenters. The number of hydrogen-bond acceptors (Lipinski definition) is 6. The molecule has 0 fully saturated rings. The van der Waals surface area contributed by atoms with E-state index in [1.807, 2.05) is 36.5 Å². The van der Waals surface area contributed by atoms with Crippen molar-refractivity contribution in [2.75, 3.05) is 27.9 Å². The van der Waals surface area contributed by atoms with Crippen LogP contribution in [0, 0.1) is 0 Å². The van der Waals surface area contributed by atoms with Crippen molar-refractivity contribution in [3.63, 3.8) is 0 Å². The molecule has 0 amide bonds. The van der Waals surface area contributed by atoms with Gasteiger partial charge in [-0.2, -0.15) is 0 Å². The van der Waals surface area contributed by atoms with Crippen LogP contribution in [0.5, 0.6) is 17.2 Å². The van der Waals surface area contributed by atoms with E-state index in [1.54, 1.807) is 32.7 Å². The van der Waals surface area contributed by atoms with Gasteiger partial charge in [-0.3, -0.25) is 0 Å². The summed E-state index contributed by atoms with van der Waals surface area (Å²) in [5.41, 5.74) is 2.28. The van der Waals surface area contributed by atoms with E-state index in [9.17, 15) is 0 Å². The molecule has 0 spiro atoms. The minimum atomic E-state index is 0.743. The van der Waals surface area contributed by atoms with Gasteiger partial charge in [0.1, 0.15) is 22.3 Å². The maximum absolute atomic E-state index is 5.47. The normalized spacial score (nSPS) is 10.6. The number of ether oxygens (including phenoxy) is 3. The number of hydrogen-bond donors (Lipinski definition) is 1. The van der Waals surface area contributed by atoms with Gasteiger partial charge in [-0.25, -0.2) is 4.98 Å². The third-order valence-electron chi connectivity index (χ3n) is 4.25. The van der Waals surface area contributed by atoms with E-state index < -0.39 is 0 Å². The minimum absolute atomic E-state index is 0.743. The van der Waals surface area contributed by atoms with E-state index in [-0.39, 0.29) is 0 Å². The Morgan fingerprint density at radius 1 is 0.926 bits per heavy atom. The lowest BCUT2D eigenvalue weighted by molar-refractivity contribution is 0.404. The monoisotopic (exact) mass is 384 g/mol. The van der Waals surface area contributed by atoms with Gasteiger partial charge in [0.05, 0.1) is 26.2 Å². The van der Waals surface area contributed by atoms with E-state index in [0.717, 1.165) is 52.2 Å². The fourth-order valence-electron chi connectivity index (χ4n) is 2.74. The minimum Gasteiger partial charge on any atom is -0.497 e. The first-order chi connectivity index (χ1) is 13.2. The molecule has 142 valence electrons. The molecule has 1 N–H and O–H groups in total. The number of benzene rings is 2. The number of methoxy groups -OCH3 is 3. The molecule has 0 aliphatic heterocycles. The number of nitrogens with one attached hydrogen (secondary N) is 1. The largest absolute Gasteiger partial charge is 0.497 e. The number of rotatable bonds is 9. The smallest absolute Gasteiger partial charge is 0.127 e. The lowest BCUT2D eigenvalue weighted by Crippen LogP contribution is -2.16. The molecular weight excluding hydrogens is 360 g/mol. The summed E-state index contributed by atoms with van der Waals surface area (Å²) < 4.78 is 16.0. The van der Waals surface area contributed by atoms with Crippen molar-refractivity contribution in [3.8, 4) is 27.7 Å². The highest BCUT2D eigenvalue weighted by molar-refractivity contribution is 7.15. The first-order valence-corrected chi connectivity index (χ1v) is 9.56. The van der Waals surface area contributed by atoms with Crippen LogP contribution in [0.2, 0.25) is 0 Å². The number of nitrogens with zero attached hydrogens (tertiary/aromatic N) is 1. The summed E-state index contributed by atoms with van der Waals surface area (Å²) in [6.45, 7) is 1.64. The van der Waals surface area contributed by atoms with Crippen LogP contribution in [-0.4, -0.2) is 32.9 Å². The van der Waals surface area contributed by atoms with E-state index in [4.69, 9.17) is 14.2 Å². The molecule has 2 aromatic carbocycles. The zero-order valence-corrected chi connectivity index (χ0v) is 16.6. The second kappa shape index (κ2) is 9.39. The van der Waals surface area contributed by atoms with Gasteiger partial charge in [-0.1, -0.05) is 12.1 Å². The maximum atomic E-state index is 5.47. The molecule has 6 heteroatoms. The average Bonchev–Trinajstić information content (AvgIpc) is 3.20. The van der Waals surface area contributed by atoms with Crippen molar-refractivity contribution in [2.24, 2.45) is 0 Å². The van der Waals surface area contributed by atoms with Crippen LogP contribution >= 0.6 is 11.3 Å².